The molecule has 0 aromatic carbocycles. The Hall–Kier alpha value is -0.382. The van der Waals surface area contributed by atoms with Crippen molar-refractivity contribution in [2.24, 2.45) is 5.73 Å². The Bertz CT molecular complexity index is 246. The van der Waals surface area contributed by atoms with Crippen molar-refractivity contribution in [2.75, 3.05) is 20.6 Å². The van der Waals surface area contributed by atoms with Crippen LogP contribution in [-0.2, 0) is 9.59 Å². The van der Waals surface area contributed by atoms with E-state index in [9.17, 15) is 9.59 Å². The van der Waals surface area contributed by atoms with E-state index in [0.717, 1.165) is 11.8 Å². The number of nitrogens with two attached hydrogens (primary N) is 1. The van der Waals surface area contributed by atoms with Gasteiger partial charge in [0, 0.05) is 0 Å². The van der Waals surface area contributed by atoms with Gasteiger partial charge in [-0.25, -0.2) is 0 Å². The number of hydrogen-bond acceptors (Lipinski definition) is 4. The van der Waals surface area contributed by atoms with Crippen LogP contribution in [-0.4, -0.2) is 61.9 Å². The zero-order valence-corrected chi connectivity index (χ0v) is 12.0. The van der Waals surface area contributed by atoms with Crippen molar-refractivity contribution in [3.8, 4) is 0 Å². The minimum absolute atomic E-state index is 0.242. The van der Waals surface area contributed by atoms with Gasteiger partial charge in [-0.15, -0.1) is 0 Å². The van der Waals surface area contributed by atoms with Gasteiger partial charge in [0.2, 0.25) is 0 Å². The fourth-order valence-electron chi connectivity index (χ4n) is 1.07. The summed E-state index contributed by atoms with van der Waals surface area (Å²) in [5, 5.41) is 9.52. The number of carboxylic acid groups (broad SMARTS) is 1. The van der Waals surface area contributed by atoms with E-state index >= 15 is 0 Å². The quantitative estimate of drug-likeness (QED) is 0.614. The molecule has 0 aliphatic heterocycles. The van der Waals surface area contributed by atoms with Gasteiger partial charge in [-0.2, -0.15) is 0 Å². The maximum absolute atomic E-state index is 11.7. The molecule has 0 aliphatic carbocycles. The average molecular weight is 292 g/mol. The third kappa shape index (κ3) is 6.99. The molecule has 0 saturated heterocycles. The molecule has 5 nitrogen and oxygen atoms in total. The summed E-state index contributed by atoms with van der Waals surface area (Å²) in [5.41, 5.74) is 7.36. The first-order valence-corrected chi connectivity index (χ1v) is 9.36. The van der Waals surface area contributed by atoms with E-state index in [4.69, 9.17) is 10.8 Å². The van der Waals surface area contributed by atoms with Gasteiger partial charge in [-0.1, -0.05) is 0 Å². The monoisotopic (exact) mass is 292 g/mol. The molecule has 0 aromatic rings. The van der Waals surface area contributed by atoms with Crippen LogP contribution in [0, 0.1) is 0 Å². The van der Waals surface area contributed by atoms with E-state index in [1.54, 1.807) is 0 Å². The van der Waals surface area contributed by atoms with Gasteiger partial charge in [0.15, 0.2) is 0 Å². The van der Waals surface area contributed by atoms with E-state index in [-0.39, 0.29) is 11.0 Å². The van der Waals surface area contributed by atoms with Crippen LogP contribution in [0.1, 0.15) is 12.8 Å². The third-order valence-electron chi connectivity index (χ3n) is 2.29. The van der Waals surface area contributed by atoms with Crippen molar-refractivity contribution in [2.45, 2.75) is 29.8 Å². The van der Waals surface area contributed by atoms with Gasteiger partial charge < -0.3 is 0 Å². The maximum atomic E-state index is 11.7. The summed E-state index contributed by atoms with van der Waals surface area (Å²) in [6.07, 6.45) is 0.576. The van der Waals surface area contributed by atoms with Crippen LogP contribution in [0.4, 0.5) is 0 Å². The molecule has 0 saturated carbocycles. The van der Waals surface area contributed by atoms with E-state index in [0.29, 0.717) is 6.42 Å². The first-order valence-electron chi connectivity index (χ1n) is 5.21. The van der Waals surface area contributed by atoms with Gasteiger partial charge in [-0.05, 0) is 0 Å². The van der Waals surface area contributed by atoms with Crippen molar-refractivity contribution >= 4 is 25.2 Å². The van der Waals surface area contributed by atoms with Crippen molar-refractivity contribution in [1.82, 2.24) is 4.90 Å². The Morgan fingerprint density at radius 1 is 1.44 bits per heavy atom. The van der Waals surface area contributed by atoms with Crippen LogP contribution in [0.5, 0.6) is 0 Å². The Morgan fingerprint density at radius 3 is 2.44 bits per heavy atom. The summed E-state index contributed by atoms with van der Waals surface area (Å²) in [5.74, 6) is -1.03. The van der Waals surface area contributed by atoms with Gasteiger partial charge >= 0.3 is 101 Å². The van der Waals surface area contributed by atoms with Crippen LogP contribution in [0.3, 0.4) is 0 Å². The zero-order chi connectivity index (χ0) is 12.7. The Labute approximate surface area is 101 Å². The average Bonchev–Trinajstić information content (AvgIpc) is 2.21. The summed E-state index contributed by atoms with van der Waals surface area (Å²) < 4.78 is 0.242. The summed E-state index contributed by atoms with van der Waals surface area (Å²) in [7, 11) is 3.96. The van der Waals surface area contributed by atoms with Gasteiger partial charge in [0.25, 0.3) is 0 Å². The SMILES string of the molecule is CN(C)CC[As](C)C(=O)CCC(N)C(=O)O. The Balaban J connectivity index is 3.83. The second-order valence-electron chi connectivity index (χ2n) is 4.10. The van der Waals surface area contributed by atoms with Crippen LogP contribution < -0.4 is 5.73 Å². The zero-order valence-electron chi connectivity index (χ0n) is 10.1. The molecule has 3 N–H and O–H groups in total. The number of rotatable bonds is 8. The molecule has 2 unspecified atom stereocenters. The predicted octanol–water partition coefficient (Wildman–Crippen LogP) is -0.0270. The fraction of sp³-hybridized carbons (Fsp3) is 0.800. The number of hydrogen-bond donors (Lipinski definition) is 2. The Morgan fingerprint density at radius 2 is 2.00 bits per heavy atom. The molecule has 0 radical (unpaired) electrons. The normalized spacial score (nSPS) is 14.8. The van der Waals surface area contributed by atoms with Crippen molar-refractivity contribution in [3.05, 3.63) is 0 Å². The van der Waals surface area contributed by atoms with Gasteiger partial charge in [0.1, 0.15) is 0 Å². The molecule has 0 amide bonds. The number of carbonyl (C=O) groups is 2. The van der Waals surface area contributed by atoms with Crippen molar-refractivity contribution < 1.29 is 14.7 Å². The molecule has 0 bridgehead atoms. The fourth-order valence-corrected chi connectivity index (χ4v) is 4.13. The predicted molar refractivity (Wildman–Crippen MR) is 64.8 cm³/mol. The molecule has 16 heavy (non-hydrogen) atoms. The summed E-state index contributed by atoms with van der Waals surface area (Å²) in [4.78, 5) is 24.2. The summed E-state index contributed by atoms with van der Waals surface area (Å²) >= 11 is -1.44. The number of aliphatic carboxylic acids is 1. The number of carboxylic acids is 1. The van der Waals surface area contributed by atoms with Gasteiger partial charge in [-0.3, -0.25) is 0 Å². The van der Waals surface area contributed by atoms with E-state index in [2.05, 4.69) is 4.90 Å². The molecule has 0 heterocycles. The molecular weight excluding hydrogens is 271 g/mol. The molecule has 0 spiro atoms. The molecular formula is C10H21AsN2O3. The Kier molecular flexibility index (Phi) is 7.63. The molecule has 6 heteroatoms. The number of carbonyl (C=O) groups excluding carboxylic acids is 1. The van der Waals surface area contributed by atoms with E-state index in [1.807, 2.05) is 19.8 Å². The number of nitrogens with zero attached hydrogens (tertiary/aromatic N) is 1. The molecule has 0 aromatic heterocycles. The molecule has 0 fully saturated rings. The first kappa shape index (κ1) is 15.6. The molecule has 2 atom stereocenters. The standard InChI is InChI=1S/C10H21AsN2O3/c1-11(6-7-13(2)3)9(14)5-4-8(12)10(15)16/h8H,4-7,12H2,1-3H3,(H,15,16). The molecule has 94 valence electrons. The topological polar surface area (TPSA) is 83.6 Å². The molecule has 0 aliphatic rings. The first-order chi connectivity index (χ1) is 7.34. The summed E-state index contributed by atoms with van der Waals surface area (Å²) in [6.45, 7) is 0.924. The summed E-state index contributed by atoms with van der Waals surface area (Å²) in [6, 6.07) is -0.903. The molecule has 0 rings (SSSR count). The van der Waals surface area contributed by atoms with E-state index in [1.165, 1.54) is 0 Å². The second-order valence-corrected chi connectivity index (χ2v) is 9.02. The van der Waals surface area contributed by atoms with Crippen LogP contribution in [0.2, 0.25) is 10.9 Å². The van der Waals surface area contributed by atoms with Crippen LogP contribution in [0.25, 0.3) is 0 Å². The van der Waals surface area contributed by atoms with Gasteiger partial charge in [0.05, 0.1) is 0 Å². The van der Waals surface area contributed by atoms with Crippen LogP contribution in [0.15, 0.2) is 0 Å². The third-order valence-corrected chi connectivity index (χ3v) is 6.38. The minimum atomic E-state index is -1.44. The van der Waals surface area contributed by atoms with E-state index < -0.39 is 26.7 Å². The van der Waals surface area contributed by atoms with Crippen molar-refractivity contribution in [1.29, 1.82) is 0 Å². The second kappa shape index (κ2) is 7.82. The van der Waals surface area contributed by atoms with Crippen molar-refractivity contribution in [3.63, 3.8) is 0 Å². The van der Waals surface area contributed by atoms with Crippen LogP contribution >= 0.6 is 0 Å².